The summed E-state index contributed by atoms with van der Waals surface area (Å²) in [6, 6.07) is 1.51. The van der Waals surface area contributed by atoms with Crippen LogP contribution in [0.1, 0.15) is 36.5 Å². The summed E-state index contributed by atoms with van der Waals surface area (Å²) in [5.41, 5.74) is 7.43. The number of carbonyl (C=O) groups excluding carboxylic acids is 1. The van der Waals surface area contributed by atoms with Crippen molar-refractivity contribution in [3.05, 3.63) is 36.4 Å². The largest absolute Gasteiger partial charge is 0.377 e. The highest BCUT2D eigenvalue weighted by Crippen LogP contribution is 2.37. The van der Waals surface area contributed by atoms with E-state index in [9.17, 15) is 9.18 Å². The van der Waals surface area contributed by atoms with E-state index in [1.807, 2.05) is 12.3 Å². The zero-order valence-electron chi connectivity index (χ0n) is 13.8. The van der Waals surface area contributed by atoms with Crippen molar-refractivity contribution >= 4 is 17.1 Å². The minimum Gasteiger partial charge on any atom is -0.377 e. The normalized spacial score (nSPS) is 23.2. The maximum atomic E-state index is 14.7. The Balaban J connectivity index is 1.84. The minimum absolute atomic E-state index is 0.257. The van der Waals surface area contributed by atoms with Crippen LogP contribution in [0.3, 0.4) is 0 Å². The van der Waals surface area contributed by atoms with Gasteiger partial charge in [-0.1, -0.05) is 0 Å². The average molecular weight is 342 g/mol. The number of halogens is 1. The zero-order chi connectivity index (χ0) is 17.6. The van der Waals surface area contributed by atoms with Crippen LogP contribution in [-0.2, 0) is 0 Å². The third kappa shape index (κ3) is 2.63. The number of nitrogens with zero attached hydrogens (tertiary/aromatic N) is 3. The number of carbonyl (C=O) groups is 1. The van der Waals surface area contributed by atoms with E-state index in [2.05, 4.69) is 20.6 Å². The number of hydrogen-bond donors (Lipinski definition) is 3. The number of H-pyrrole nitrogens is 1. The summed E-state index contributed by atoms with van der Waals surface area (Å²) >= 11 is 0. The van der Waals surface area contributed by atoms with E-state index in [0.717, 1.165) is 17.5 Å². The van der Waals surface area contributed by atoms with Crippen LogP contribution in [0.15, 0.2) is 30.9 Å². The second kappa shape index (κ2) is 5.58. The van der Waals surface area contributed by atoms with Crippen LogP contribution in [-0.4, -0.2) is 37.4 Å². The lowest BCUT2D eigenvalue weighted by Gasteiger charge is -2.26. The van der Waals surface area contributed by atoms with Crippen LogP contribution in [0.4, 0.5) is 10.1 Å². The van der Waals surface area contributed by atoms with Crippen LogP contribution in [0.2, 0.25) is 0 Å². The Morgan fingerprint density at radius 2 is 2.32 bits per heavy atom. The number of aromatic amines is 1. The fraction of sp³-hybridized carbons (Fsp3) is 0.353. The van der Waals surface area contributed by atoms with Gasteiger partial charge in [-0.25, -0.2) is 8.91 Å². The molecule has 1 fully saturated rings. The number of primary amides is 1. The maximum Gasteiger partial charge on any atom is 0.252 e. The van der Waals surface area contributed by atoms with Gasteiger partial charge in [0.05, 0.1) is 35.2 Å². The first kappa shape index (κ1) is 15.6. The standard InChI is InChI=1S/C17H19FN6O/c1-17(18)4-2-3-14(17)23-15-12(16(19)25)8-22-24-9-10(5-13(15)24)11-6-20-21-7-11/h5-9,14,23H,2-4H2,1H3,(H2,19,25)(H,20,21). The van der Waals surface area contributed by atoms with Gasteiger partial charge in [-0.3, -0.25) is 9.89 Å². The number of alkyl halides is 1. The van der Waals surface area contributed by atoms with Gasteiger partial charge < -0.3 is 11.1 Å². The van der Waals surface area contributed by atoms with Crippen molar-refractivity contribution < 1.29 is 9.18 Å². The monoisotopic (exact) mass is 342 g/mol. The van der Waals surface area contributed by atoms with Gasteiger partial charge >= 0.3 is 0 Å². The van der Waals surface area contributed by atoms with E-state index >= 15 is 0 Å². The third-order valence-corrected chi connectivity index (χ3v) is 4.94. The lowest BCUT2D eigenvalue weighted by Crippen LogP contribution is -2.36. The van der Waals surface area contributed by atoms with Crippen LogP contribution in [0.5, 0.6) is 0 Å². The molecule has 0 aromatic carbocycles. The fourth-order valence-corrected chi connectivity index (χ4v) is 3.49. The molecule has 7 nitrogen and oxygen atoms in total. The molecule has 1 amide bonds. The van der Waals surface area contributed by atoms with Gasteiger partial charge in [0.25, 0.3) is 5.91 Å². The summed E-state index contributed by atoms with van der Waals surface area (Å²) in [6.07, 6.45) is 8.73. The molecule has 3 heterocycles. The molecule has 130 valence electrons. The minimum atomic E-state index is -1.32. The third-order valence-electron chi connectivity index (χ3n) is 4.94. The van der Waals surface area contributed by atoms with Gasteiger partial charge in [0, 0.05) is 23.5 Å². The second-order valence-electron chi connectivity index (χ2n) is 6.71. The predicted octanol–water partition coefficient (Wildman–Crippen LogP) is 2.52. The van der Waals surface area contributed by atoms with Crippen LogP contribution >= 0.6 is 0 Å². The molecule has 0 spiro atoms. The Morgan fingerprint density at radius 3 is 2.96 bits per heavy atom. The molecule has 4 N–H and O–H groups in total. The van der Waals surface area contributed by atoms with E-state index in [0.29, 0.717) is 24.0 Å². The van der Waals surface area contributed by atoms with Gasteiger partial charge in [-0.15, -0.1) is 0 Å². The highest BCUT2D eigenvalue weighted by Gasteiger charge is 2.39. The molecule has 8 heteroatoms. The Labute approximate surface area is 143 Å². The Hall–Kier alpha value is -2.90. The molecule has 2 atom stereocenters. The zero-order valence-corrected chi connectivity index (χ0v) is 13.8. The molecule has 0 aliphatic heterocycles. The van der Waals surface area contributed by atoms with E-state index in [1.165, 1.54) is 6.20 Å². The lowest BCUT2D eigenvalue weighted by atomic mass is 10.0. The summed E-state index contributed by atoms with van der Waals surface area (Å²) in [7, 11) is 0. The second-order valence-corrected chi connectivity index (χ2v) is 6.71. The number of rotatable bonds is 4. The molecular weight excluding hydrogens is 323 g/mol. The Morgan fingerprint density at radius 1 is 1.48 bits per heavy atom. The number of fused-ring (bicyclic) bond motifs is 1. The van der Waals surface area contributed by atoms with Gasteiger partial charge in [0.1, 0.15) is 5.67 Å². The molecule has 0 saturated heterocycles. The van der Waals surface area contributed by atoms with Crippen molar-refractivity contribution in [2.24, 2.45) is 5.73 Å². The number of nitrogens with two attached hydrogens (primary N) is 1. The summed E-state index contributed by atoms with van der Waals surface area (Å²) in [5.74, 6) is -0.595. The summed E-state index contributed by atoms with van der Waals surface area (Å²) in [6.45, 7) is 1.59. The Bertz CT molecular complexity index is 930. The topological polar surface area (TPSA) is 101 Å². The summed E-state index contributed by atoms with van der Waals surface area (Å²) < 4.78 is 16.4. The molecule has 3 aromatic heterocycles. The molecule has 1 saturated carbocycles. The highest BCUT2D eigenvalue weighted by molar-refractivity contribution is 6.02. The van der Waals surface area contributed by atoms with Crippen molar-refractivity contribution in [1.29, 1.82) is 0 Å². The molecule has 1 aliphatic rings. The van der Waals surface area contributed by atoms with E-state index in [1.54, 1.807) is 23.8 Å². The van der Waals surface area contributed by atoms with E-state index in [-0.39, 0.29) is 11.6 Å². The molecule has 2 unspecified atom stereocenters. The molecule has 25 heavy (non-hydrogen) atoms. The number of hydrogen-bond acceptors (Lipinski definition) is 4. The summed E-state index contributed by atoms with van der Waals surface area (Å²) in [5, 5.41) is 14.2. The molecule has 0 radical (unpaired) electrons. The van der Waals surface area contributed by atoms with Gasteiger partial charge in [-0.05, 0) is 32.3 Å². The number of amides is 1. The number of anilines is 1. The molecule has 4 rings (SSSR count). The SMILES string of the molecule is CC1(F)CCCC1Nc1c(C(N)=O)cnn2cc(-c3cn[nH]c3)cc12. The average Bonchev–Trinajstić information content (AvgIpc) is 3.27. The molecule has 3 aromatic rings. The Kier molecular flexibility index (Phi) is 3.48. The molecule has 0 bridgehead atoms. The van der Waals surface area contributed by atoms with Gasteiger partial charge in [0.2, 0.25) is 0 Å². The van der Waals surface area contributed by atoms with Crippen molar-refractivity contribution in [3.63, 3.8) is 0 Å². The smallest absolute Gasteiger partial charge is 0.252 e. The van der Waals surface area contributed by atoms with Crippen LogP contribution < -0.4 is 11.1 Å². The first-order chi connectivity index (χ1) is 12.0. The van der Waals surface area contributed by atoms with Gasteiger partial charge in [0.15, 0.2) is 0 Å². The van der Waals surface area contributed by atoms with Crippen molar-refractivity contribution in [3.8, 4) is 11.1 Å². The van der Waals surface area contributed by atoms with Crippen LogP contribution in [0, 0.1) is 0 Å². The highest BCUT2D eigenvalue weighted by atomic mass is 19.1. The number of nitrogens with one attached hydrogen (secondary N) is 2. The number of aromatic nitrogens is 4. The van der Waals surface area contributed by atoms with E-state index in [4.69, 9.17) is 5.73 Å². The summed E-state index contributed by atoms with van der Waals surface area (Å²) in [4.78, 5) is 11.9. The fourth-order valence-electron chi connectivity index (χ4n) is 3.49. The lowest BCUT2D eigenvalue weighted by molar-refractivity contribution is 0.1000. The van der Waals surface area contributed by atoms with E-state index < -0.39 is 11.6 Å². The van der Waals surface area contributed by atoms with Gasteiger partial charge in [-0.2, -0.15) is 10.2 Å². The maximum absolute atomic E-state index is 14.7. The molecule has 1 aliphatic carbocycles. The van der Waals surface area contributed by atoms with Crippen molar-refractivity contribution in [2.45, 2.75) is 37.9 Å². The quantitative estimate of drug-likeness (QED) is 0.678. The van der Waals surface area contributed by atoms with Crippen molar-refractivity contribution in [2.75, 3.05) is 5.32 Å². The van der Waals surface area contributed by atoms with Crippen LogP contribution in [0.25, 0.3) is 16.6 Å². The van der Waals surface area contributed by atoms with Crippen molar-refractivity contribution in [1.82, 2.24) is 19.8 Å². The first-order valence-corrected chi connectivity index (χ1v) is 8.21. The first-order valence-electron chi connectivity index (χ1n) is 8.21. The molecular formula is C17H19FN6O. The predicted molar refractivity (Wildman–Crippen MR) is 92.1 cm³/mol.